The van der Waals surface area contributed by atoms with Crippen molar-refractivity contribution in [2.24, 2.45) is 4.99 Å². The van der Waals surface area contributed by atoms with Crippen molar-refractivity contribution < 1.29 is 0 Å². The van der Waals surface area contributed by atoms with E-state index >= 15 is 0 Å². The second kappa shape index (κ2) is 3.74. The Hall–Kier alpha value is -1.45. The number of aromatic nitrogens is 1. The Labute approximate surface area is 84.0 Å². The van der Waals surface area contributed by atoms with Gasteiger partial charge in [-0.15, -0.1) is 0 Å². The van der Waals surface area contributed by atoms with Crippen LogP contribution < -0.4 is 10.7 Å². The zero-order valence-electron chi connectivity index (χ0n) is 8.67. The fraction of sp³-hybridized carbons (Fsp3) is 0.500. The molecule has 2 rings (SSSR count). The Morgan fingerprint density at radius 3 is 2.64 bits per heavy atom. The van der Waals surface area contributed by atoms with E-state index in [0.29, 0.717) is 0 Å². The molecule has 0 aliphatic carbocycles. The maximum Gasteiger partial charge on any atom is 0.210 e. The Morgan fingerprint density at radius 2 is 2.07 bits per heavy atom. The van der Waals surface area contributed by atoms with Gasteiger partial charge in [-0.2, -0.15) is 0 Å². The molecule has 0 fully saturated rings. The minimum Gasteiger partial charge on any atom is -0.355 e. The standard InChI is InChI=1S/C10H16N4/c1-8-4-5-9(2)14(8)13-10-11-6-3-7-12-10/h4-5H,3,6-7H2,1-2H3,(H2,11,12,13). The van der Waals surface area contributed by atoms with Crippen LogP contribution in [0, 0.1) is 13.8 Å². The van der Waals surface area contributed by atoms with Gasteiger partial charge in [-0.1, -0.05) is 0 Å². The maximum atomic E-state index is 4.36. The van der Waals surface area contributed by atoms with Crippen LogP contribution >= 0.6 is 0 Å². The molecular weight excluding hydrogens is 176 g/mol. The second-order valence-corrected chi connectivity index (χ2v) is 3.57. The first-order valence-corrected chi connectivity index (χ1v) is 4.97. The quantitative estimate of drug-likeness (QED) is 0.697. The number of nitrogens with zero attached hydrogens (tertiary/aromatic N) is 2. The van der Waals surface area contributed by atoms with Gasteiger partial charge in [0, 0.05) is 24.5 Å². The third-order valence-corrected chi connectivity index (χ3v) is 2.39. The highest BCUT2D eigenvalue weighted by Gasteiger charge is 2.06. The van der Waals surface area contributed by atoms with Gasteiger partial charge in [0.15, 0.2) is 0 Å². The van der Waals surface area contributed by atoms with E-state index in [1.165, 1.54) is 11.4 Å². The van der Waals surface area contributed by atoms with Crippen LogP contribution in [0.4, 0.5) is 0 Å². The lowest BCUT2D eigenvalue weighted by Crippen LogP contribution is -2.39. The van der Waals surface area contributed by atoms with E-state index in [9.17, 15) is 0 Å². The van der Waals surface area contributed by atoms with Crippen LogP contribution in [-0.4, -0.2) is 23.7 Å². The maximum absolute atomic E-state index is 4.36. The number of hydrogen-bond donors (Lipinski definition) is 2. The molecule has 1 aromatic heterocycles. The summed E-state index contributed by atoms with van der Waals surface area (Å²) < 4.78 is 2.04. The summed E-state index contributed by atoms with van der Waals surface area (Å²) in [5, 5.41) is 3.23. The molecule has 0 atom stereocenters. The van der Waals surface area contributed by atoms with E-state index in [4.69, 9.17) is 0 Å². The lowest BCUT2D eigenvalue weighted by molar-refractivity contribution is 0.724. The van der Waals surface area contributed by atoms with Crippen molar-refractivity contribution in [1.29, 1.82) is 0 Å². The van der Waals surface area contributed by atoms with E-state index in [0.717, 1.165) is 25.5 Å². The minimum absolute atomic E-state index is 0.874. The molecule has 1 aliphatic rings. The van der Waals surface area contributed by atoms with E-state index in [-0.39, 0.29) is 0 Å². The van der Waals surface area contributed by atoms with Crippen LogP contribution in [0.5, 0.6) is 0 Å². The molecule has 1 aromatic rings. The monoisotopic (exact) mass is 192 g/mol. The molecule has 1 aliphatic heterocycles. The zero-order valence-corrected chi connectivity index (χ0v) is 8.67. The van der Waals surface area contributed by atoms with Gasteiger partial charge in [-0.3, -0.25) is 15.1 Å². The Bertz CT molecular complexity index is 332. The van der Waals surface area contributed by atoms with Crippen molar-refractivity contribution in [2.45, 2.75) is 20.3 Å². The number of aliphatic imine (C=N–C) groups is 1. The molecule has 14 heavy (non-hydrogen) atoms. The lowest BCUT2D eigenvalue weighted by atomic mass is 10.4. The fourth-order valence-electron chi connectivity index (χ4n) is 1.56. The zero-order chi connectivity index (χ0) is 9.97. The van der Waals surface area contributed by atoms with E-state index in [1.807, 2.05) is 4.68 Å². The topological polar surface area (TPSA) is 41.4 Å². The van der Waals surface area contributed by atoms with Gasteiger partial charge in [0.25, 0.3) is 0 Å². The van der Waals surface area contributed by atoms with Gasteiger partial charge in [-0.25, -0.2) is 0 Å². The lowest BCUT2D eigenvalue weighted by Gasteiger charge is -2.18. The summed E-state index contributed by atoms with van der Waals surface area (Å²) in [6, 6.07) is 4.18. The van der Waals surface area contributed by atoms with Gasteiger partial charge in [0.05, 0.1) is 0 Å². The highest BCUT2D eigenvalue weighted by atomic mass is 15.5. The summed E-state index contributed by atoms with van der Waals surface area (Å²) in [4.78, 5) is 4.36. The summed E-state index contributed by atoms with van der Waals surface area (Å²) in [5.74, 6) is 0.874. The minimum atomic E-state index is 0.874. The third-order valence-electron chi connectivity index (χ3n) is 2.39. The number of guanidine groups is 1. The van der Waals surface area contributed by atoms with Gasteiger partial charge in [0.2, 0.25) is 5.96 Å². The van der Waals surface area contributed by atoms with Crippen LogP contribution in [0.1, 0.15) is 17.8 Å². The molecule has 2 heterocycles. The molecule has 2 N–H and O–H groups in total. The molecule has 0 unspecified atom stereocenters. The number of nitrogens with one attached hydrogen (secondary N) is 2. The first-order valence-electron chi connectivity index (χ1n) is 4.97. The predicted molar refractivity (Wildman–Crippen MR) is 58.2 cm³/mol. The molecule has 4 nitrogen and oxygen atoms in total. The summed E-state index contributed by atoms with van der Waals surface area (Å²) >= 11 is 0. The highest BCUT2D eigenvalue weighted by Crippen LogP contribution is 2.04. The van der Waals surface area contributed by atoms with Crippen LogP contribution in [0.25, 0.3) is 0 Å². The third kappa shape index (κ3) is 1.73. The van der Waals surface area contributed by atoms with Crippen LogP contribution in [-0.2, 0) is 0 Å². The first kappa shape index (κ1) is 9.12. The molecule has 0 bridgehead atoms. The largest absolute Gasteiger partial charge is 0.355 e. The number of hydrogen-bond acceptors (Lipinski definition) is 3. The average Bonchev–Trinajstić information content (AvgIpc) is 2.51. The Balaban J connectivity index is 2.13. The summed E-state index contributed by atoms with van der Waals surface area (Å²) in [6.07, 6.45) is 1.12. The Kier molecular flexibility index (Phi) is 2.43. The molecular formula is C10H16N4. The van der Waals surface area contributed by atoms with E-state index < -0.39 is 0 Å². The number of rotatable bonds is 1. The van der Waals surface area contributed by atoms with Crippen LogP contribution in [0.15, 0.2) is 17.1 Å². The normalized spacial score (nSPS) is 16.0. The molecule has 0 spiro atoms. The van der Waals surface area contributed by atoms with Gasteiger partial charge in [0.1, 0.15) is 0 Å². The molecule has 0 amide bonds. The van der Waals surface area contributed by atoms with Crippen molar-refractivity contribution in [1.82, 2.24) is 9.99 Å². The fourth-order valence-corrected chi connectivity index (χ4v) is 1.56. The van der Waals surface area contributed by atoms with Crippen molar-refractivity contribution in [2.75, 3.05) is 18.5 Å². The molecule has 76 valence electrons. The average molecular weight is 192 g/mol. The SMILES string of the molecule is Cc1ccc(C)n1NC1=NCCCN1. The first-order chi connectivity index (χ1) is 6.77. The van der Waals surface area contributed by atoms with E-state index in [1.54, 1.807) is 0 Å². The number of aryl methyl sites for hydroxylation is 2. The molecule has 0 saturated heterocycles. The van der Waals surface area contributed by atoms with Crippen LogP contribution in [0.2, 0.25) is 0 Å². The molecule has 0 radical (unpaired) electrons. The second-order valence-electron chi connectivity index (χ2n) is 3.57. The Morgan fingerprint density at radius 1 is 1.36 bits per heavy atom. The molecule has 0 aromatic carbocycles. The van der Waals surface area contributed by atoms with Crippen molar-refractivity contribution in [3.63, 3.8) is 0 Å². The highest BCUT2D eigenvalue weighted by molar-refractivity contribution is 5.87. The summed E-state index contributed by atoms with van der Waals surface area (Å²) in [6.45, 7) is 6.06. The van der Waals surface area contributed by atoms with Gasteiger partial charge < -0.3 is 5.32 Å². The van der Waals surface area contributed by atoms with E-state index in [2.05, 4.69) is 41.7 Å². The molecule has 0 saturated carbocycles. The van der Waals surface area contributed by atoms with Crippen molar-refractivity contribution in [3.05, 3.63) is 23.5 Å². The van der Waals surface area contributed by atoms with Crippen molar-refractivity contribution in [3.8, 4) is 0 Å². The summed E-state index contributed by atoms with van der Waals surface area (Å²) in [5.41, 5.74) is 5.64. The van der Waals surface area contributed by atoms with Crippen molar-refractivity contribution >= 4 is 5.96 Å². The smallest absolute Gasteiger partial charge is 0.210 e. The predicted octanol–water partition coefficient (Wildman–Crippen LogP) is 0.998. The van der Waals surface area contributed by atoms with Gasteiger partial charge in [-0.05, 0) is 32.4 Å². The van der Waals surface area contributed by atoms with Gasteiger partial charge >= 0.3 is 0 Å². The van der Waals surface area contributed by atoms with Crippen LogP contribution in [0.3, 0.4) is 0 Å². The summed E-state index contributed by atoms with van der Waals surface area (Å²) in [7, 11) is 0. The molecule has 4 heteroatoms.